The largest absolute Gasteiger partial charge is 0.347 e. The van der Waals surface area contributed by atoms with Gasteiger partial charge in [-0.15, -0.1) is 0 Å². The van der Waals surface area contributed by atoms with Crippen molar-refractivity contribution in [3.63, 3.8) is 0 Å². The number of halogens is 1. The Morgan fingerprint density at radius 3 is 2.41 bits per heavy atom. The molecule has 4 rings (SSSR count). The third-order valence-corrected chi connectivity index (χ3v) is 5.39. The van der Waals surface area contributed by atoms with E-state index in [0.717, 1.165) is 34.2 Å². The monoisotopic (exact) mass is 428 g/mol. The normalized spacial score (nSPS) is 10.8. The molecule has 0 saturated heterocycles. The van der Waals surface area contributed by atoms with Crippen molar-refractivity contribution in [1.82, 2.24) is 20.1 Å². The standard InChI is InChI=1S/C26H25FN4O/c1-3-16-31-25(26(32)29-17-21-7-5-4-6-18(21)2)23(19-12-14-28-15-13-19)24(30-31)20-8-10-22(27)11-9-20/h4-15H,3,16-17H2,1-2H3,(H,29,32). The molecule has 6 heteroatoms. The van der Waals surface area contributed by atoms with Crippen LogP contribution in [0.3, 0.4) is 0 Å². The molecule has 1 amide bonds. The number of hydrogen-bond donors (Lipinski definition) is 1. The first kappa shape index (κ1) is 21.4. The van der Waals surface area contributed by atoms with Crippen LogP contribution in [0, 0.1) is 12.7 Å². The Morgan fingerprint density at radius 2 is 1.72 bits per heavy atom. The van der Waals surface area contributed by atoms with Crippen molar-refractivity contribution >= 4 is 5.91 Å². The van der Waals surface area contributed by atoms with Gasteiger partial charge in [-0.05, 0) is 66.4 Å². The molecular weight excluding hydrogens is 403 g/mol. The Balaban J connectivity index is 1.81. The number of nitrogens with zero attached hydrogens (tertiary/aromatic N) is 3. The molecule has 0 spiro atoms. The maximum Gasteiger partial charge on any atom is 0.270 e. The predicted molar refractivity (Wildman–Crippen MR) is 123 cm³/mol. The molecule has 0 bridgehead atoms. The van der Waals surface area contributed by atoms with Crippen LogP contribution in [-0.2, 0) is 13.1 Å². The SMILES string of the molecule is CCCn1nc(-c2ccc(F)cc2)c(-c2ccncc2)c1C(=O)NCc1ccccc1C. The molecule has 162 valence electrons. The smallest absolute Gasteiger partial charge is 0.270 e. The number of amides is 1. The number of carbonyl (C=O) groups excluding carboxylic acids is 1. The van der Waals surface area contributed by atoms with E-state index < -0.39 is 0 Å². The summed E-state index contributed by atoms with van der Waals surface area (Å²) in [4.78, 5) is 17.6. The molecule has 2 aromatic carbocycles. The van der Waals surface area contributed by atoms with E-state index in [0.29, 0.717) is 24.5 Å². The second-order valence-electron chi connectivity index (χ2n) is 7.65. The number of aromatic nitrogens is 3. The van der Waals surface area contributed by atoms with Crippen LogP contribution in [0.1, 0.15) is 35.0 Å². The van der Waals surface area contributed by atoms with E-state index in [1.807, 2.05) is 50.2 Å². The molecule has 0 radical (unpaired) electrons. The van der Waals surface area contributed by atoms with E-state index >= 15 is 0 Å². The molecule has 0 aliphatic rings. The van der Waals surface area contributed by atoms with Gasteiger partial charge in [-0.3, -0.25) is 14.5 Å². The van der Waals surface area contributed by atoms with Crippen molar-refractivity contribution < 1.29 is 9.18 Å². The van der Waals surface area contributed by atoms with Crippen molar-refractivity contribution in [1.29, 1.82) is 0 Å². The number of nitrogens with one attached hydrogen (secondary N) is 1. The zero-order valence-electron chi connectivity index (χ0n) is 18.2. The highest BCUT2D eigenvalue weighted by Crippen LogP contribution is 2.35. The van der Waals surface area contributed by atoms with Crippen LogP contribution >= 0.6 is 0 Å². The van der Waals surface area contributed by atoms with Gasteiger partial charge in [-0.2, -0.15) is 5.10 Å². The molecule has 2 aromatic heterocycles. The van der Waals surface area contributed by atoms with Gasteiger partial charge < -0.3 is 5.32 Å². The van der Waals surface area contributed by atoms with E-state index in [4.69, 9.17) is 5.10 Å². The minimum absolute atomic E-state index is 0.200. The van der Waals surface area contributed by atoms with Gasteiger partial charge in [-0.25, -0.2) is 4.39 Å². The molecule has 0 atom stereocenters. The molecule has 5 nitrogen and oxygen atoms in total. The summed E-state index contributed by atoms with van der Waals surface area (Å²) < 4.78 is 15.3. The fourth-order valence-corrected chi connectivity index (χ4v) is 3.74. The highest BCUT2D eigenvalue weighted by atomic mass is 19.1. The lowest BCUT2D eigenvalue weighted by molar-refractivity contribution is 0.0940. The quantitative estimate of drug-likeness (QED) is 0.429. The van der Waals surface area contributed by atoms with Crippen LogP contribution in [-0.4, -0.2) is 20.7 Å². The average molecular weight is 429 g/mol. The third-order valence-electron chi connectivity index (χ3n) is 5.39. The van der Waals surface area contributed by atoms with Crippen molar-refractivity contribution in [3.8, 4) is 22.4 Å². The number of aryl methyl sites for hydroxylation is 2. The van der Waals surface area contributed by atoms with Gasteiger partial charge in [0.05, 0.1) is 0 Å². The molecule has 2 heterocycles. The van der Waals surface area contributed by atoms with Gasteiger partial charge >= 0.3 is 0 Å². The summed E-state index contributed by atoms with van der Waals surface area (Å²) in [5, 5.41) is 7.85. The first-order valence-corrected chi connectivity index (χ1v) is 10.7. The van der Waals surface area contributed by atoms with Gasteiger partial charge in [0.25, 0.3) is 5.91 Å². The van der Waals surface area contributed by atoms with E-state index in [1.54, 1.807) is 29.2 Å². The summed E-state index contributed by atoms with van der Waals surface area (Å²) in [5.74, 6) is -0.516. The van der Waals surface area contributed by atoms with Gasteiger partial charge in [0.15, 0.2) is 0 Å². The summed E-state index contributed by atoms with van der Waals surface area (Å²) in [6.45, 7) is 5.08. The highest BCUT2D eigenvalue weighted by molar-refractivity contribution is 6.03. The second kappa shape index (κ2) is 9.56. The summed E-state index contributed by atoms with van der Waals surface area (Å²) in [5.41, 5.74) is 5.62. The van der Waals surface area contributed by atoms with Crippen molar-refractivity contribution in [3.05, 3.63) is 95.7 Å². The summed E-state index contributed by atoms with van der Waals surface area (Å²) in [6, 6.07) is 17.9. The Kier molecular flexibility index (Phi) is 6.40. The van der Waals surface area contributed by atoms with Crippen molar-refractivity contribution in [2.45, 2.75) is 33.4 Å². The average Bonchev–Trinajstić information content (AvgIpc) is 3.19. The molecule has 0 aliphatic carbocycles. The lowest BCUT2D eigenvalue weighted by Crippen LogP contribution is -2.26. The molecule has 0 unspecified atom stereocenters. The Morgan fingerprint density at radius 1 is 1.00 bits per heavy atom. The number of carbonyl (C=O) groups is 1. The highest BCUT2D eigenvalue weighted by Gasteiger charge is 2.25. The number of pyridine rings is 1. The lowest BCUT2D eigenvalue weighted by atomic mass is 9.99. The van der Waals surface area contributed by atoms with Crippen LogP contribution in [0.25, 0.3) is 22.4 Å². The fraction of sp³-hybridized carbons (Fsp3) is 0.192. The minimum Gasteiger partial charge on any atom is -0.347 e. The zero-order chi connectivity index (χ0) is 22.5. The maximum atomic E-state index is 13.6. The number of rotatable bonds is 7. The molecular formula is C26H25FN4O. The first-order chi connectivity index (χ1) is 15.6. The topological polar surface area (TPSA) is 59.8 Å². The van der Waals surface area contributed by atoms with Crippen molar-refractivity contribution in [2.24, 2.45) is 0 Å². The molecule has 4 aromatic rings. The summed E-state index contributed by atoms with van der Waals surface area (Å²) >= 11 is 0. The molecule has 1 N–H and O–H groups in total. The molecule has 32 heavy (non-hydrogen) atoms. The summed E-state index contributed by atoms with van der Waals surface area (Å²) in [7, 11) is 0. The Labute approximate surface area is 186 Å². The predicted octanol–water partition coefficient (Wildman–Crippen LogP) is 5.40. The van der Waals surface area contributed by atoms with Crippen LogP contribution in [0.2, 0.25) is 0 Å². The summed E-state index contributed by atoms with van der Waals surface area (Å²) in [6.07, 6.45) is 4.20. The molecule has 0 saturated carbocycles. The Bertz CT molecular complexity index is 1220. The Hall–Kier alpha value is -3.80. The van der Waals surface area contributed by atoms with Crippen molar-refractivity contribution in [2.75, 3.05) is 0 Å². The number of hydrogen-bond acceptors (Lipinski definition) is 3. The van der Waals surface area contributed by atoms with Crippen LogP contribution in [0.15, 0.2) is 73.1 Å². The van der Waals surface area contributed by atoms with Crippen LogP contribution in [0.4, 0.5) is 4.39 Å². The first-order valence-electron chi connectivity index (χ1n) is 10.7. The third kappa shape index (κ3) is 4.44. The van der Waals surface area contributed by atoms with E-state index in [9.17, 15) is 9.18 Å². The lowest BCUT2D eigenvalue weighted by Gasteiger charge is -2.11. The van der Waals surface area contributed by atoms with E-state index in [1.165, 1.54) is 12.1 Å². The maximum absolute atomic E-state index is 13.6. The fourth-order valence-electron chi connectivity index (χ4n) is 3.74. The number of benzene rings is 2. The van der Waals surface area contributed by atoms with Gasteiger partial charge in [-0.1, -0.05) is 31.2 Å². The van der Waals surface area contributed by atoms with Crippen LogP contribution < -0.4 is 5.32 Å². The van der Waals surface area contributed by atoms with Gasteiger partial charge in [0.1, 0.15) is 17.2 Å². The second-order valence-corrected chi connectivity index (χ2v) is 7.65. The van der Waals surface area contributed by atoms with Gasteiger partial charge in [0.2, 0.25) is 0 Å². The zero-order valence-corrected chi connectivity index (χ0v) is 18.2. The molecule has 0 fully saturated rings. The van der Waals surface area contributed by atoms with E-state index in [-0.39, 0.29) is 11.7 Å². The molecule has 0 aliphatic heterocycles. The van der Waals surface area contributed by atoms with Crippen LogP contribution in [0.5, 0.6) is 0 Å². The minimum atomic E-state index is -0.316. The van der Waals surface area contributed by atoms with E-state index in [2.05, 4.69) is 10.3 Å². The van der Waals surface area contributed by atoms with Gasteiger partial charge in [0, 0.05) is 36.6 Å².